The molecule has 92 valence electrons. The molecular formula is C12H22N2O2. The summed E-state index contributed by atoms with van der Waals surface area (Å²) in [6.45, 7) is 6.74. The number of hydrogen-bond acceptors (Lipinski definition) is 3. The first-order chi connectivity index (χ1) is 7.50. The molecular weight excluding hydrogens is 204 g/mol. The number of rotatable bonds is 4. The molecule has 0 aliphatic carbocycles. The maximum absolute atomic E-state index is 10.6. The Bertz CT molecular complexity index is 276. The highest BCUT2D eigenvalue weighted by molar-refractivity contribution is 5.85. The van der Waals surface area contributed by atoms with E-state index in [1.807, 2.05) is 0 Å². The van der Waals surface area contributed by atoms with Crippen molar-refractivity contribution >= 4 is 5.97 Å². The highest BCUT2D eigenvalue weighted by Gasteiger charge is 2.22. The minimum Gasteiger partial charge on any atom is -0.478 e. The van der Waals surface area contributed by atoms with Crippen LogP contribution in [0.3, 0.4) is 0 Å². The molecule has 1 rings (SSSR count). The molecule has 2 N–H and O–H groups in total. The van der Waals surface area contributed by atoms with Crippen LogP contribution in [-0.2, 0) is 4.79 Å². The summed E-state index contributed by atoms with van der Waals surface area (Å²) in [6.07, 6.45) is 2.88. The van der Waals surface area contributed by atoms with E-state index in [-0.39, 0.29) is 0 Å². The predicted molar refractivity (Wildman–Crippen MR) is 64.5 cm³/mol. The lowest BCUT2D eigenvalue weighted by Crippen LogP contribution is -2.47. The zero-order valence-electron chi connectivity index (χ0n) is 10.4. The summed E-state index contributed by atoms with van der Waals surface area (Å²) in [6, 6.07) is 0.508. The quantitative estimate of drug-likeness (QED) is 0.701. The van der Waals surface area contributed by atoms with Crippen LogP contribution in [0.15, 0.2) is 11.6 Å². The number of aliphatic carboxylic acids is 1. The summed E-state index contributed by atoms with van der Waals surface area (Å²) in [4.78, 5) is 12.9. The lowest BCUT2D eigenvalue weighted by molar-refractivity contribution is -0.132. The van der Waals surface area contributed by atoms with E-state index in [0.717, 1.165) is 19.5 Å². The summed E-state index contributed by atoms with van der Waals surface area (Å²) in [5.74, 6) is -0.212. The number of carbonyl (C=O) groups is 1. The number of carboxylic acids is 1. The second kappa shape index (κ2) is 6.01. The predicted octanol–water partition coefficient (Wildman–Crippen LogP) is 0.947. The smallest absolute Gasteiger partial charge is 0.330 e. The highest BCUT2D eigenvalue weighted by atomic mass is 16.4. The van der Waals surface area contributed by atoms with Crippen LogP contribution in [0.1, 0.15) is 20.3 Å². The molecule has 0 amide bonds. The molecule has 4 nitrogen and oxygen atoms in total. The minimum atomic E-state index is -0.835. The molecule has 0 bridgehead atoms. The van der Waals surface area contributed by atoms with Crippen molar-refractivity contribution in [3.05, 3.63) is 11.6 Å². The third-order valence-corrected chi connectivity index (χ3v) is 3.23. The van der Waals surface area contributed by atoms with E-state index >= 15 is 0 Å². The van der Waals surface area contributed by atoms with Gasteiger partial charge in [-0.05, 0) is 32.9 Å². The summed E-state index contributed by atoms with van der Waals surface area (Å²) in [5.41, 5.74) is 0.410. The molecule has 1 fully saturated rings. The van der Waals surface area contributed by atoms with Crippen LogP contribution < -0.4 is 5.32 Å². The second-order valence-electron chi connectivity index (χ2n) is 4.74. The Morgan fingerprint density at radius 2 is 2.31 bits per heavy atom. The zero-order valence-corrected chi connectivity index (χ0v) is 10.4. The molecule has 0 radical (unpaired) electrons. The van der Waals surface area contributed by atoms with Crippen molar-refractivity contribution in [3.8, 4) is 0 Å². The van der Waals surface area contributed by atoms with E-state index in [1.165, 1.54) is 0 Å². The molecule has 1 heterocycles. The summed E-state index contributed by atoms with van der Waals surface area (Å²) in [5, 5.41) is 12.1. The normalized spacial score (nSPS) is 28.1. The van der Waals surface area contributed by atoms with Crippen molar-refractivity contribution in [2.24, 2.45) is 5.92 Å². The van der Waals surface area contributed by atoms with Gasteiger partial charge in [-0.2, -0.15) is 0 Å². The van der Waals surface area contributed by atoms with Gasteiger partial charge in [0, 0.05) is 24.7 Å². The van der Waals surface area contributed by atoms with E-state index in [2.05, 4.69) is 24.2 Å². The van der Waals surface area contributed by atoms with Gasteiger partial charge in [-0.3, -0.25) is 0 Å². The molecule has 1 saturated heterocycles. The van der Waals surface area contributed by atoms with E-state index in [1.54, 1.807) is 13.0 Å². The van der Waals surface area contributed by atoms with Crippen molar-refractivity contribution in [3.63, 3.8) is 0 Å². The molecule has 0 aromatic rings. The van der Waals surface area contributed by atoms with Crippen LogP contribution in [0.2, 0.25) is 0 Å². The Morgan fingerprint density at radius 3 is 2.88 bits per heavy atom. The van der Waals surface area contributed by atoms with Crippen LogP contribution in [-0.4, -0.2) is 48.7 Å². The Morgan fingerprint density at radius 1 is 1.62 bits per heavy atom. The lowest BCUT2D eigenvalue weighted by Gasteiger charge is -2.35. The summed E-state index contributed by atoms with van der Waals surface area (Å²) in [7, 11) is 2.14. The molecule has 1 aliphatic rings. The standard InChI is InChI=1S/C12H22N2O2/c1-9(12(15)16)4-6-13-11-5-7-14(3)8-10(11)2/h4,10-11,13H,5-8H2,1-3H3,(H,15,16)/b9-4-. The fourth-order valence-corrected chi connectivity index (χ4v) is 2.11. The van der Waals surface area contributed by atoms with Gasteiger partial charge in [0.25, 0.3) is 0 Å². The fourth-order valence-electron chi connectivity index (χ4n) is 2.11. The third-order valence-electron chi connectivity index (χ3n) is 3.23. The Kier molecular flexibility index (Phi) is 4.96. The summed E-state index contributed by atoms with van der Waals surface area (Å²) < 4.78 is 0. The largest absolute Gasteiger partial charge is 0.478 e. The number of nitrogens with zero attached hydrogens (tertiary/aromatic N) is 1. The monoisotopic (exact) mass is 226 g/mol. The third kappa shape index (κ3) is 3.94. The average Bonchev–Trinajstić information content (AvgIpc) is 2.20. The number of nitrogens with one attached hydrogen (secondary N) is 1. The van der Waals surface area contributed by atoms with E-state index in [0.29, 0.717) is 24.1 Å². The molecule has 1 aliphatic heterocycles. The van der Waals surface area contributed by atoms with Crippen molar-refractivity contribution in [2.75, 3.05) is 26.7 Å². The van der Waals surface area contributed by atoms with Crippen LogP contribution >= 0.6 is 0 Å². The Hall–Kier alpha value is -0.870. The first kappa shape index (κ1) is 13.2. The average molecular weight is 226 g/mol. The minimum absolute atomic E-state index is 0.410. The van der Waals surface area contributed by atoms with Gasteiger partial charge in [0.1, 0.15) is 0 Å². The molecule has 2 unspecified atom stereocenters. The van der Waals surface area contributed by atoms with Crippen molar-refractivity contribution < 1.29 is 9.90 Å². The lowest BCUT2D eigenvalue weighted by atomic mass is 9.94. The number of likely N-dealkylation sites (tertiary alicyclic amines) is 1. The van der Waals surface area contributed by atoms with Gasteiger partial charge < -0.3 is 15.3 Å². The second-order valence-corrected chi connectivity index (χ2v) is 4.74. The van der Waals surface area contributed by atoms with E-state index in [9.17, 15) is 4.79 Å². The number of hydrogen-bond donors (Lipinski definition) is 2. The van der Waals surface area contributed by atoms with Crippen molar-refractivity contribution in [1.29, 1.82) is 0 Å². The first-order valence-corrected chi connectivity index (χ1v) is 5.82. The van der Waals surface area contributed by atoms with Crippen LogP contribution in [0.25, 0.3) is 0 Å². The zero-order chi connectivity index (χ0) is 12.1. The molecule has 0 aromatic heterocycles. The van der Waals surface area contributed by atoms with E-state index in [4.69, 9.17) is 5.11 Å². The molecule has 2 atom stereocenters. The van der Waals surface area contributed by atoms with E-state index < -0.39 is 5.97 Å². The number of piperidine rings is 1. The highest BCUT2D eigenvalue weighted by Crippen LogP contribution is 2.14. The van der Waals surface area contributed by atoms with Gasteiger partial charge in [0.2, 0.25) is 0 Å². The van der Waals surface area contributed by atoms with Crippen LogP contribution in [0.4, 0.5) is 0 Å². The van der Waals surface area contributed by atoms with Crippen LogP contribution in [0, 0.1) is 5.92 Å². The van der Waals surface area contributed by atoms with Gasteiger partial charge in [0.15, 0.2) is 0 Å². The van der Waals surface area contributed by atoms with Crippen molar-refractivity contribution in [1.82, 2.24) is 10.2 Å². The molecule has 4 heteroatoms. The maximum Gasteiger partial charge on any atom is 0.330 e. The Balaban J connectivity index is 2.33. The molecule has 0 saturated carbocycles. The number of carboxylic acid groups (broad SMARTS) is 1. The maximum atomic E-state index is 10.6. The molecule has 0 aromatic carbocycles. The fraction of sp³-hybridized carbons (Fsp3) is 0.750. The first-order valence-electron chi connectivity index (χ1n) is 5.82. The SMILES string of the molecule is C/C(=C/CNC1CCN(C)CC1C)C(=O)O. The van der Waals surface area contributed by atoms with Crippen molar-refractivity contribution in [2.45, 2.75) is 26.3 Å². The van der Waals surface area contributed by atoms with Gasteiger partial charge in [-0.15, -0.1) is 0 Å². The Labute approximate surface area is 97.3 Å². The van der Waals surface area contributed by atoms with Gasteiger partial charge in [0.05, 0.1) is 0 Å². The summed E-state index contributed by atoms with van der Waals surface area (Å²) >= 11 is 0. The van der Waals surface area contributed by atoms with Gasteiger partial charge in [-0.1, -0.05) is 13.0 Å². The van der Waals surface area contributed by atoms with Gasteiger partial charge in [-0.25, -0.2) is 4.79 Å². The van der Waals surface area contributed by atoms with Gasteiger partial charge >= 0.3 is 5.97 Å². The topological polar surface area (TPSA) is 52.6 Å². The van der Waals surface area contributed by atoms with Crippen LogP contribution in [0.5, 0.6) is 0 Å². The molecule has 0 spiro atoms. The molecule has 16 heavy (non-hydrogen) atoms.